The van der Waals surface area contributed by atoms with E-state index < -0.39 is 0 Å². The van der Waals surface area contributed by atoms with Gasteiger partial charge in [-0.05, 0) is 12.8 Å². The van der Waals surface area contributed by atoms with Crippen LogP contribution in [0.1, 0.15) is 32.1 Å². The Labute approximate surface area is 63.8 Å². The zero-order valence-corrected chi connectivity index (χ0v) is 6.44. The van der Waals surface area contributed by atoms with Crippen LogP contribution in [0.5, 0.6) is 0 Å². The molecule has 0 unspecified atom stereocenters. The fraction of sp³-hybridized carbons (Fsp3) is 0.667. The lowest BCUT2D eigenvalue weighted by molar-refractivity contribution is 0.233. The van der Waals surface area contributed by atoms with Crippen LogP contribution in [-0.4, -0.2) is 6.61 Å². The fourth-order valence-corrected chi connectivity index (χ4v) is 0.785. The Hall–Kier alpha value is -0.480. The lowest BCUT2D eigenvalue weighted by atomic mass is 10.1. The third-order valence-electron chi connectivity index (χ3n) is 1.36. The van der Waals surface area contributed by atoms with E-state index in [9.17, 15) is 0 Å². The van der Waals surface area contributed by atoms with Crippen molar-refractivity contribution in [3.8, 4) is 12.3 Å². The van der Waals surface area contributed by atoms with Crippen molar-refractivity contribution in [3.05, 3.63) is 7.11 Å². The average molecular weight is 139 g/mol. The van der Waals surface area contributed by atoms with Gasteiger partial charge in [0.15, 0.2) is 0 Å². The molecule has 0 rings (SSSR count). The Balaban J connectivity index is 2.72. The molecule has 0 aliphatic heterocycles. The van der Waals surface area contributed by atoms with E-state index in [1.165, 1.54) is 12.8 Å². The standard InChI is InChI=1S/C9H15O/c1-3-4-5-6-7-8-9-10-2/h1H,2,4-9H2. The third kappa shape index (κ3) is 7.52. The van der Waals surface area contributed by atoms with Crippen LogP contribution in [-0.2, 0) is 4.74 Å². The van der Waals surface area contributed by atoms with Gasteiger partial charge in [-0.2, -0.15) is 0 Å². The maximum absolute atomic E-state index is 5.08. The smallest absolute Gasteiger partial charge is 0.0700 e. The first-order valence-electron chi connectivity index (χ1n) is 3.72. The van der Waals surface area contributed by atoms with Crippen molar-refractivity contribution >= 4 is 0 Å². The van der Waals surface area contributed by atoms with Gasteiger partial charge in [0.25, 0.3) is 0 Å². The van der Waals surface area contributed by atoms with E-state index in [-0.39, 0.29) is 0 Å². The van der Waals surface area contributed by atoms with Crippen molar-refractivity contribution in [2.24, 2.45) is 0 Å². The average Bonchev–Trinajstić information content (AvgIpc) is 1.97. The molecule has 1 radical (unpaired) electrons. The zero-order valence-electron chi connectivity index (χ0n) is 6.44. The molecule has 0 saturated heterocycles. The van der Waals surface area contributed by atoms with Gasteiger partial charge in [0.05, 0.1) is 7.11 Å². The van der Waals surface area contributed by atoms with Crippen LogP contribution in [0, 0.1) is 19.5 Å². The van der Waals surface area contributed by atoms with Crippen LogP contribution >= 0.6 is 0 Å². The van der Waals surface area contributed by atoms with Crippen LogP contribution < -0.4 is 0 Å². The topological polar surface area (TPSA) is 9.23 Å². The summed E-state index contributed by atoms with van der Waals surface area (Å²) in [5.41, 5.74) is 0. The largest absolute Gasteiger partial charge is 0.379 e. The molecule has 0 aromatic carbocycles. The minimum absolute atomic E-state index is 0.774. The maximum atomic E-state index is 5.08. The van der Waals surface area contributed by atoms with Gasteiger partial charge in [0, 0.05) is 13.0 Å². The van der Waals surface area contributed by atoms with Gasteiger partial charge in [0.1, 0.15) is 0 Å². The van der Waals surface area contributed by atoms with E-state index in [2.05, 4.69) is 17.8 Å². The quantitative estimate of drug-likeness (QED) is 0.405. The first kappa shape index (κ1) is 9.52. The summed E-state index contributed by atoms with van der Waals surface area (Å²) in [4.78, 5) is 0. The number of hydrogen-bond donors (Lipinski definition) is 0. The van der Waals surface area contributed by atoms with Crippen LogP contribution in [0.2, 0.25) is 0 Å². The molecule has 0 atom stereocenters. The van der Waals surface area contributed by atoms with Crippen molar-refractivity contribution in [3.63, 3.8) is 0 Å². The summed E-state index contributed by atoms with van der Waals surface area (Å²) in [6, 6.07) is 0. The van der Waals surface area contributed by atoms with Gasteiger partial charge in [-0.15, -0.1) is 12.3 Å². The van der Waals surface area contributed by atoms with Gasteiger partial charge in [0.2, 0.25) is 0 Å². The number of hydrogen-bond acceptors (Lipinski definition) is 1. The van der Waals surface area contributed by atoms with Crippen LogP contribution in [0.4, 0.5) is 0 Å². The highest BCUT2D eigenvalue weighted by molar-refractivity contribution is 4.82. The van der Waals surface area contributed by atoms with Crippen molar-refractivity contribution in [1.29, 1.82) is 0 Å². The molecule has 57 valence electrons. The molecule has 0 spiro atoms. The second-order valence-corrected chi connectivity index (χ2v) is 2.28. The fourth-order valence-electron chi connectivity index (χ4n) is 0.785. The van der Waals surface area contributed by atoms with Crippen LogP contribution in [0.3, 0.4) is 0 Å². The molecule has 0 heterocycles. The van der Waals surface area contributed by atoms with Crippen LogP contribution in [0.15, 0.2) is 0 Å². The number of rotatable bonds is 6. The first-order valence-corrected chi connectivity index (χ1v) is 3.72. The van der Waals surface area contributed by atoms with Gasteiger partial charge < -0.3 is 4.74 Å². The SMILES string of the molecule is C#CCCCCCCO[CH2]. The Morgan fingerprint density at radius 3 is 2.50 bits per heavy atom. The second kappa shape index (κ2) is 8.52. The van der Waals surface area contributed by atoms with Gasteiger partial charge in [-0.3, -0.25) is 0 Å². The number of unbranched alkanes of at least 4 members (excludes halogenated alkanes) is 4. The van der Waals surface area contributed by atoms with Crippen molar-refractivity contribution in [2.75, 3.05) is 6.61 Å². The van der Waals surface area contributed by atoms with E-state index in [1.54, 1.807) is 0 Å². The van der Waals surface area contributed by atoms with Crippen molar-refractivity contribution in [2.45, 2.75) is 32.1 Å². The molecule has 0 amide bonds. The molecule has 10 heavy (non-hydrogen) atoms. The molecule has 0 fully saturated rings. The van der Waals surface area contributed by atoms with Gasteiger partial charge >= 0.3 is 0 Å². The molecule has 0 aliphatic rings. The summed E-state index contributed by atoms with van der Waals surface area (Å²) in [6.07, 6.45) is 10.7. The normalized spacial score (nSPS) is 9.20. The minimum Gasteiger partial charge on any atom is -0.379 e. The zero-order chi connectivity index (χ0) is 7.66. The highest BCUT2D eigenvalue weighted by Gasteiger charge is 1.86. The van der Waals surface area contributed by atoms with Crippen molar-refractivity contribution in [1.82, 2.24) is 0 Å². The lowest BCUT2D eigenvalue weighted by Gasteiger charge is -1.96. The molecular formula is C9H15O. The highest BCUT2D eigenvalue weighted by atomic mass is 16.5. The van der Waals surface area contributed by atoms with E-state index in [0.29, 0.717) is 0 Å². The Kier molecular flexibility index (Phi) is 8.11. The summed E-state index contributed by atoms with van der Waals surface area (Å²) in [5.74, 6) is 2.61. The van der Waals surface area contributed by atoms with Gasteiger partial charge in [-0.25, -0.2) is 0 Å². The van der Waals surface area contributed by atoms with E-state index >= 15 is 0 Å². The second-order valence-electron chi connectivity index (χ2n) is 2.28. The number of terminal acetylenes is 1. The maximum Gasteiger partial charge on any atom is 0.0700 e. The molecule has 1 nitrogen and oxygen atoms in total. The van der Waals surface area contributed by atoms with E-state index in [1.807, 2.05) is 0 Å². The Morgan fingerprint density at radius 1 is 1.20 bits per heavy atom. The molecule has 0 aromatic rings. The first-order chi connectivity index (χ1) is 4.91. The van der Waals surface area contributed by atoms with Crippen molar-refractivity contribution < 1.29 is 4.74 Å². The summed E-state index contributed by atoms with van der Waals surface area (Å²) in [7, 11) is 3.29. The predicted molar refractivity (Wildman–Crippen MR) is 43.2 cm³/mol. The molecule has 0 saturated carbocycles. The Morgan fingerprint density at radius 2 is 1.90 bits per heavy atom. The number of ether oxygens (including phenoxy) is 1. The molecule has 1 heteroatoms. The molecule has 0 aliphatic carbocycles. The summed E-state index contributed by atoms with van der Waals surface area (Å²) < 4.78 is 4.66. The van der Waals surface area contributed by atoms with E-state index in [0.717, 1.165) is 25.9 Å². The Bertz CT molecular complexity index is 91.4. The van der Waals surface area contributed by atoms with Crippen LogP contribution in [0.25, 0.3) is 0 Å². The third-order valence-corrected chi connectivity index (χ3v) is 1.36. The molecule has 0 N–H and O–H groups in total. The summed E-state index contributed by atoms with van der Waals surface area (Å²) >= 11 is 0. The summed E-state index contributed by atoms with van der Waals surface area (Å²) in [6.45, 7) is 0.774. The minimum atomic E-state index is 0.774. The lowest BCUT2D eigenvalue weighted by Crippen LogP contribution is -1.86. The molecule has 0 aromatic heterocycles. The van der Waals surface area contributed by atoms with E-state index in [4.69, 9.17) is 6.42 Å². The van der Waals surface area contributed by atoms with Gasteiger partial charge in [-0.1, -0.05) is 12.8 Å². The molecular weight excluding hydrogens is 124 g/mol. The predicted octanol–water partition coefficient (Wildman–Crippen LogP) is 2.38. The summed E-state index contributed by atoms with van der Waals surface area (Å²) in [5, 5.41) is 0. The highest BCUT2D eigenvalue weighted by Crippen LogP contribution is 2.01. The molecule has 0 bridgehead atoms. The monoisotopic (exact) mass is 139 g/mol.